The predicted octanol–water partition coefficient (Wildman–Crippen LogP) is 3.55. The maximum Gasteiger partial charge on any atom is 0.335 e. The first-order valence-corrected chi connectivity index (χ1v) is 5.98. The van der Waals surface area contributed by atoms with Gasteiger partial charge in [-0.1, -0.05) is 0 Å². The minimum Gasteiger partial charge on any atom is -0.478 e. The van der Waals surface area contributed by atoms with Crippen LogP contribution < -0.4 is 0 Å². The van der Waals surface area contributed by atoms with Gasteiger partial charge < -0.3 is 9.67 Å². The molecule has 0 aliphatic heterocycles. The van der Waals surface area contributed by atoms with E-state index in [4.69, 9.17) is 5.11 Å². The summed E-state index contributed by atoms with van der Waals surface area (Å²) in [6, 6.07) is 9.04. The first-order valence-electron chi connectivity index (χ1n) is 5.19. The van der Waals surface area contributed by atoms with Crippen molar-refractivity contribution in [1.29, 1.82) is 0 Å². The highest BCUT2D eigenvalue weighted by atomic mass is 79.9. The second-order valence-corrected chi connectivity index (χ2v) is 4.78. The molecule has 0 saturated carbocycles. The van der Waals surface area contributed by atoms with Crippen molar-refractivity contribution in [3.8, 4) is 5.69 Å². The summed E-state index contributed by atoms with van der Waals surface area (Å²) >= 11 is 3.46. The number of carboxylic acids is 1. The number of hydrogen-bond donors (Lipinski definition) is 1. The van der Waals surface area contributed by atoms with Gasteiger partial charge in [0.2, 0.25) is 0 Å². The number of aromatic carboxylic acids is 1. The van der Waals surface area contributed by atoms with E-state index in [1.54, 1.807) is 18.2 Å². The van der Waals surface area contributed by atoms with Crippen LogP contribution in [-0.2, 0) is 0 Å². The topological polar surface area (TPSA) is 42.2 Å². The fourth-order valence-corrected chi connectivity index (χ4v) is 2.29. The smallest absolute Gasteiger partial charge is 0.335 e. The van der Waals surface area contributed by atoms with Gasteiger partial charge in [-0.05, 0) is 60.1 Å². The van der Waals surface area contributed by atoms with Crippen molar-refractivity contribution in [2.24, 2.45) is 0 Å². The molecule has 2 aromatic rings. The van der Waals surface area contributed by atoms with E-state index in [-0.39, 0.29) is 5.56 Å². The highest BCUT2D eigenvalue weighted by Crippen LogP contribution is 2.25. The molecule has 0 unspecified atom stereocenters. The number of aromatic nitrogens is 1. The molecular weight excluding hydrogens is 282 g/mol. The lowest BCUT2D eigenvalue weighted by Crippen LogP contribution is -2.03. The molecule has 0 amide bonds. The Hall–Kier alpha value is -1.55. The normalized spacial score (nSPS) is 10.5. The molecular formula is C13H12BrNO2. The molecule has 0 radical (unpaired) electrons. The Labute approximate surface area is 108 Å². The molecule has 1 heterocycles. The number of carboxylic acid groups (broad SMARTS) is 1. The largest absolute Gasteiger partial charge is 0.478 e. The first kappa shape index (κ1) is 11.9. The number of benzene rings is 1. The van der Waals surface area contributed by atoms with Gasteiger partial charge in [-0.15, -0.1) is 0 Å². The van der Waals surface area contributed by atoms with Crippen molar-refractivity contribution in [2.45, 2.75) is 13.8 Å². The van der Waals surface area contributed by atoms with Gasteiger partial charge in [0.1, 0.15) is 0 Å². The van der Waals surface area contributed by atoms with Crippen molar-refractivity contribution < 1.29 is 9.90 Å². The molecule has 1 aromatic heterocycles. The summed E-state index contributed by atoms with van der Waals surface area (Å²) in [4.78, 5) is 11.0. The monoisotopic (exact) mass is 293 g/mol. The van der Waals surface area contributed by atoms with Gasteiger partial charge in [0.25, 0.3) is 0 Å². The van der Waals surface area contributed by atoms with Crippen molar-refractivity contribution in [3.63, 3.8) is 0 Å². The molecule has 1 N–H and O–H groups in total. The number of halogens is 1. The molecule has 0 fully saturated rings. The van der Waals surface area contributed by atoms with Crippen LogP contribution >= 0.6 is 15.9 Å². The zero-order chi connectivity index (χ0) is 12.6. The number of carbonyl (C=O) groups is 1. The van der Waals surface area contributed by atoms with E-state index in [1.165, 1.54) is 0 Å². The van der Waals surface area contributed by atoms with E-state index >= 15 is 0 Å². The highest BCUT2D eigenvalue weighted by Gasteiger charge is 2.11. The maximum atomic E-state index is 11.0. The Bertz CT molecular complexity index is 568. The quantitative estimate of drug-likeness (QED) is 0.920. The van der Waals surface area contributed by atoms with Crippen LogP contribution in [0.25, 0.3) is 5.69 Å². The van der Waals surface area contributed by atoms with Crippen LogP contribution in [0.4, 0.5) is 0 Å². The van der Waals surface area contributed by atoms with E-state index < -0.39 is 5.97 Å². The third-order valence-corrected chi connectivity index (χ3v) is 3.38. The molecule has 1 aromatic carbocycles. The predicted molar refractivity (Wildman–Crippen MR) is 69.9 cm³/mol. The van der Waals surface area contributed by atoms with E-state index in [9.17, 15) is 4.79 Å². The van der Waals surface area contributed by atoms with Crippen LogP contribution in [0.1, 0.15) is 21.7 Å². The second kappa shape index (κ2) is 4.37. The molecule has 0 atom stereocenters. The summed E-state index contributed by atoms with van der Waals surface area (Å²) in [6.07, 6.45) is 0. The average molecular weight is 294 g/mol. The number of aryl methyl sites for hydroxylation is 2. The standard InChI is InChI=1S/C13H12BrNO2/c1-8-3-4-9(2)15(8)12-7-10(13(16)17)5-6-11(12)14/h3-7H,1-2H3,(H,16,17). The van der Waals surface area contributed by atoms with Gasteiger partial charge in [0, 0.05) is 15.9 Å². The molecule has 3 nitrogen and oxygen atoms in total. The van der Waals surface area contributed by atoms with E-state index in [0.29, 0.717) is 0 Å². The Morgan fingerprint density at radius 3 is 2.29 bits per heavy atom. The summed E-state index contributed by atoms with van der Waals surface area (Å²) in [6.45, 7) is 3.99. The van der Waals surface area contributed by atoms with Gasteiger partial charge in [-0.25, -0.2) is 4.79 Å². The average Bonchev–Trinajstić information content (AvgIpc) is 2.59. The lowest BCUT2D eigenvalue weighted by atomic mass is 10.2. The van der Waals surface area contributed by atoms with Crippen LogP contribution in [0.3, 0.4) is 0 Å². The zero-order valence-corrected chi connectivity index (χ0v) is 11.2. The minimum absolute atomic E-state index is 0.288. The molecule has 0 spiro atoms. The van der Waals surface area contributed by atoms with Gasteiger partial charge >= 0.3 is 5.97 Å². The zero-order valence-electron chi connectivity index (χ0n) is 9.57. The second-order valence-electron chi connectivity index (χ2n) is 3.92. The Morgan fingerprint density at radius 2 is 1.76 bits per heavy atom. The molecule has 4 heteroatoms. The number of hydrogen-bond acceptors (Lipinski definition) is 1. The van der Waals surface area contributed by atoms with Gasteiger partial charge in [-0.2, -0.15) is 0 Å². The summed E-state index contributed by atoms with van der Waals surface area (Å²) in [5, 5.41) is 9.01. The Balaban J connectivity index is 2.66. The molecule has 0 bridgehead atoms. The minimum atomic E-state index is -0.916. The molecule has 0 aliphatic rings. The number of rotatable bonds is 2. The number of nitrogens with zero attached hydrogens (tertiary/aromatic N) is 1. The highest BCUT2D eigenvalue weighted by molar-refractivity contribution is 9.10. The molecule has 17 heavy (non-hydrogen) atoms. The SMILES string of the molecule is Cc1ccc(C)n1-c1cc(C(=O)O)ccc1Br. The van der Waals surface area contributed by atoms with Crippen LogP contribution in [0.15, 0.2) is 34.8 Å². The van der Waals surface area contributed by atoms with Crippen molar-refractivity contribution in [3.05, 3.63) is 51.8 Å². The Morgan fingerprint density at radius 1 is 1.18 bits per heavy atom. The maximum absolute atomic E-state index is 11.0. The van der Waals surface area contributed by atoms with E-state index in [0.717, 1.165) is 21.5 Å². The summed E-state index contributed by atoms with van der Waals surface area (Å²) < 4.78 is 2.90. The van der Waals surface area contributed by atoms with Crippen LogP contribution in [0.2, 0.25) is 0 Å². The molecule has 2 rings (SSSR count). The summed E-state index contributed by atoms with van der Waals surface area (Å²) in [5.41, 5.74) is 3.29. The van der Waals surface area contributed by atoms with Crippen LogP contribution in [-0.4, -0.2) is 15.6 Å². The van der Waals surface area contributed by atoms with Crippen molar-refractivity contribution >= 4 is 21.9 Å². The molecule has 88 valence electrons. The van der Waals surface area contributed by atoms with E-state index in [2.05, 4.69) is 15.9 Å². The van der Waals surface area contributed by atoms with Gasteiger partial charge in [0.05, 0.1) is 11.3 Å². The first-order chi connectivity index (χ1) is 8.00. The van der Waals surface area contributed by atoms with Crippen molar-refractivity contribution in [1.82, 2.24) is 4.57 Å². The third kappa shape index (κ3) is 2.13. The fourth-order valence-electron chi connectivity index (χ4n) is 1.87. The molecule has 0 aliphatic carbocycles. The van der Waals surface area contributed by atoms with Crippen LogP contribution in [0, 0.1) is 13.8 Å². The summed E-state index contributed by atoms with van der Waals surface area (Å²) in [5.74, 6) is -0.916. The van der Waals surface area contributed by atoms with E-state index in [1.807, 2.05) is 30.5 Å². The Kier molecular flexibility index (Phi) is 3.07. The fraction of sp³-hybridized carbons (Fsp3) is 0.154. The third-order valence-electron chi connectivity index (χ3n) is 2.71. The lowest BCUT2D eigenvalue weighted by molar-refractivity contribution is 0.0697. The van der Waals surface area contributed by atoms with Gasteiger partial charge in [-0.3, -0.25) is 0 Å². The van der Waals surface area contributed by atoms with Crippen molar-refractivity contribution in [2.75, 3.05) is 0 Å². The summed E-state index contributed by atoms with van der Waals surface area (Å²) in [7, 11) is 0. The van der Waals surface area contributed by atoms with Gasteiger partial charge in [0.15, 0.2) is 0 Å². The molecule has 0 saturated heterocycles. The van der Waals surface area contributed by atoms with Crippen LogP contribution in [0.5, 0.6) is 0 Å². The lowest BCUT2D eigenvalue weighted by Gasteiger charge is -2.12.